The third-order valence-electron chi connectivity index (χ3n) is 2.53. The van der Waals surface area contributed by atoms with E-state index in [0.29, 0.717) is 12.2 Å². The fourth-order valence-corrected chi connectivity index (χ4v) is 3.19. The molecule has 1 aromatic heterocycles. The summed E-state index contributed by atoms with van der Waals surface area (Å²) in [5, 5.41) is 1.89. The van der Waals surface area contributed by atoms with Crippen molar-refractivity contribution in [3.8, 4) is 0 Å². The normalized spacial score (nSPS) is 10.3. The van der Waals surface area contributed by atoms with Crippen LogP contribution in [0.3, 0.4) is 0 Å². The zero-order chi connectivity index (χ0) is 13.1. The predicted molar refractivity (Wildman–Crippen MR) is 78.7 cm³/mol. The summed E-state index contributed by atoms with van der Waals surface area (Å²) in [5.74, 6) is 0.0132. The number of thiophene rings is 1. The summed E-state index contributed by atoms with van der Waals surface area (Å²) in [6.07, 6.45) is 0. The molecule has 0 bridgehead atoms. The molecule has 3 nitrogen and oxygen atoms in total. The molecule has 0 fully saturated rings. The first-order valence-corrected chi connectivity index (χ1v) is 7.08. The Hall–Kier alpha value is -1.33. The average Bonchev–Trinajstić information content (AvgIpc) is 2.74. The quantitative estimate of drug-likeness (QED) is 0.880. The van der Waals surface area contributed by atoms with Crippen LogP contribution < -0.4 is 5.73 Å². The van der Waals surface area contributed by atoms with E-state index in [-0.39, 0.29) is 5.91 Å². The number of anilines is 1. The SMILES string of the molecule is CN(Cc1cccc(N)c1)C(=O)c1sccc1Br. The predicted octanol–water partition coefficient (Wildman–Crippen LogP) is 3.37. The molecule has 0 saturated carbocycles. The highest BCUT2D eigenvalue weighted by molar-refractivity contribution is 9.10. The molecule has 0 atom stereocenters. The van der Waals surface area contributed by atoms with E-state index < -0.39 is 0 Å². The molecule has 0 aliphatic heterocycles. The van der Waals surface area contributed by atoms with E-state index in [4.69, 9.17) is 5.73 Å². The molecular formula is C13H13BrN2OS. The maximum absolute atomic E-state index is 12.2. The number of hydrogen-bond donors (Lipinski definition) is 1. The van der Waals surface area contributed by atoms with Gasteiger partial charge in [-0.3, -0.25) is 4.79 Å². The van der Waals surface area contributed by atoms with E-state index in [2.05, 4.69) is 15.9 Å². The highest BCUT2D eigenvalue weighted by Crippen LogP contribution is 2.24. The summed E-state index contributed by atoms with van der Waals surface area (Å²) in [6.45, 7) is 0.550. The van der Waals surface area contributed by atoms with Crippen molar-refractivity contribution < 1.29 is 4.79 Å². The van der Waals surface area contributed by atoms with Gasteiger partial charge in [-0.05, 0) is 45.1 Å². The Labute approximate surface area is 118 Å². The minimum absolute atomic E-state index is 0.0132. The van der Waals surface area contributed by atoms with Crippen LogP contribution in [0.4, 0.5) is 5.69 Å². The Morgan fingerprint density at radius 2 is 2.22 bits per heavy atom. The van der Waals surface area contributed by atoms with Crippen LogP contribution in [-0.4, -0.2) is 17.9 Å². The molecule has 18 heavy (non-hydrogen) atoms. The van der Waals surface area contributed by atoms with Gasteiger partial charge >= 0.3 is 0 Å². The number of benzene rings is 1. The van der Waals surface area contributed by atoms with Gasteiger partial charge in [-0.2, -0.15) is 0 Å². The van der Waals surface area contributed by atoms with Gasteiger partial charge in [-0.1, -0.05) is 12.1 Å². The highest BCUT2D eigenvalue weighted by atomic mass is 79.9. The molecular weight excluding hydrogens is 312 g/mol. The molecule has 1 amide bonds. The molecule has 94 valence electrons. The molecule has 0 aliphatic carbocycles. The van der Waals surface area contributed by atoms with E-state index in [1.165, 1.54) is 11.3 Å². The summed E-state index contributed by atoms with van der Waals surface area (Å²) >= 11 is 4.81. The summed E-state index contributed by atoms with van der Waals surface area (Å²) in [5.41, 5.74) is 7.46. The van der Waals surface area contributed by atoms with Crippen molar-refractivity contribution in [2.24, 2.45) is 0 Å². The zero-order valence-electron chi connectivity index (χ0n) is 9.89. The molecule has 2 N–H and O–H groups in total. The van der Waals surface area contributed by atoms with Gasteiger partial charge in [0.1, 0.15) is 4.88 Å². The van der Waals surface area contributed by atoms with E-state index >= 15 is 0 Å². The van der Waals surface area contributed by atoms with Crippen LogP contribution in [0, 0.1) is 0 Å². The number of halogens is 1. The van der Waals surface area contributed by atoms with Crippen molar-refractivity contribution in [3.63, 3.8) is 0 Å². The number of carbonyl (C=O) groups excluding carboxylic acids is 1. The van der Waals surface area contributed by atoms with Gasteiger partial charge in [0.2, 0.25) is 0 Å². The molecule has 2 rings (SSSR count). The van der Waals surface area contributed by atoms with Crippen molar-refractivity contribution in [2.45, 2.75) is 6.54 Å². The smallest absolute Gasteiger partial charge is 0.265 e. The van der Waals surface area contributed by atoms with Crippen molar-refractivity contribution >= 4 is 38.9 Å². The van der Waals surface area contributed by atoms with Crippen LogP contribution in [0.2, 0.25) is 0 Å². The van der Waals surface area contributed by atoms with E-state index in [1.807, 2.05) is 35.7 Å². The molecule has 1 heterocycles. The maximum Gasteiger partial charge on any atom is 0.265 e. The summed E-state index contributed by atoms with van der Waals surface area (Å²) in [4.78, 5) is 14.6. The van der Waals surface area contributed by atoms with E-state index in [1.54, 1.807) is 11.9 Å². The lowest BCUT2D eigenvalue weighted by atomic mass is 10.2. The van der Waals surface area contributed by atoms with Gasteiger partial charge < -0.3 is 10.6 Å². The van der Waals surface area contributed by atoms with Crippen LogP contribution in [0.25, 0.3) is 0 Å². The number of hydrogen-bond acceptors (Lipinski definition) is 3. The Bertz CT molecular complexity index is 568. The lowest BCUT2D eigenvalue weighted by Crippen LogP contribution is -2.25. The van der Waals surface area contributed by atoms with Crippen molar-refractivity contribution in [3.05, 3.63) is 50.6 Å². The first kappa shape index (κ1) is 13.1. The second-order valence-electron chi connectivity index (χ2n) is 4.00. The molecule has 1 aromatic carbocycles. The first-order valence-electron chi connectivity index (χ1n) is 5.41. The minimum Gasteiger partial charge on any atom is -0.399 e. The molecule has 2 aromatic rings. The van der Waals surface area contributed by atoms with Gasteiger partial charge in [0.05, 0.1) is 0 Å². The standard InChI is InChI=1S/C13H13BrN2OS/c1-16(8-9-3-2-4-10(15)7-9)13(17)12-11(14)5-6-18-12/h2-7H,8,15H2,1H3. The number of nitrogens with two attached hydrogens (primary N) is 1. The second kappa shape index (κ2) is 5.54. The second-order valence-corrected chi connectivity index (χ2v) is 5.77. The fraction of sp³-hybridized carbons (Fsp3) is 0.154. The molecule has 0 radical (unpaired) electrons. The van der Waals surface area contributed by atoms with Crippen molar-refractivity contribution in [2.75, 3.05) is 12.8 Å². The largest absolute Gasteiger partial charge is 0.399 e. The Balaban J connectivity index is 2.11. The molecule has 0 unspecified atom stereocenters. The number of nitrogen functional groups attached to an aromatic ring is 1. The number of nitrogens with zero attached hydrogens (tertiary/aromatic N) is 1. The molecule has 0 aliphatic rings. The Morgan fingerprint density at radius 1 is 1.44 bits per heavy atom. The first-order chi connectivity index (χ1) is 8.58. The third-order valence-corrected chi connectivity index (χ3v) is 4.35. The molecule has 0 spiro atoms. The van der Waals surface area contributed by atoms with Gasteiger partial charge in [0.25, 0.3) is 5.91 Å². The van der Waals surface area contributed by atoms with Crippen LogP contribution in [0.1, 0.15) is 15.2 Å². The highest BCUT2D eigenvalue weighted by Gasteiger charge is 2.16. The molecule has 0 saturated heterocycles. The van der Waals surface area contributed by atoms with Gasteiger partial charge in [0, 0.05) is 23.8 Å². The van der Waals surface area contributed by atoms with Gasteiger partial charge in [-0.25, -0.2) is 0 Å². The van der Waals surface area contributed by atoms with Crippen LogP contribution in [0.5, 0.6) is 0 Å². The van der Waals surface area contributed by atoms with Crippen LogP contribution >= 0.6 is 27.3 Å². The lowest BCUT2D eigenvalue weighted by molar-refractivity contribution is 0.0789. The zero-order valence-corrected chi connectivity index (χ0v) is 12.3. The number of amides is 1. The third kappa shape index (κ3) is 2.91. The maximum atomic E-state index is 12.2. The van der Waals surface area contributed by atoms with Crippen LogP contribution in [-0.2, 0) is 6.54 Å². The Morgan fingerprint density at radius 3 is 2.83 bits per heavy atom. The van der Waals surface area contributed by atoms with Crippen molar-refractivity contribution in [1.82, 2.24) is 4.90 Å². The average molecular weight is 325 g/mol. The van der Waals surface area contributed by atoms with Gasteiger partial charge in [-0.15, -0.1) is 11.3 Å². The minimum atomic E-state index is 0.0132. The number of carbonyl (C=O) groups is 1. The Kier molecular flexibility index (Phi) is 4.04. The summed E-state index contributed by atoms with van der Waals surface area (Å²) < 4.78 is 0.844. The van der Waals surface area contributed by atoms with Crippen molar-refractivity contribution in [1.29, 1.82) is 0 Å². The number of rotatable bonds is 3. The fourth-order valence-electron chi connectivity index (χ4n) is 1.66. The lowest BCUT2D eigenvalue weighted by Gasteiger charge is -2.17. The van der Waals surface area contributed by atoms with Crippen LogP contribution in [0.15, 0.2) is 40.2 Å². The monoisotopic (exact) mass is 324 g/mol. The van der Waals surface area contributed by atoms with E-state index in [0.717, 1.165) is 14.9 Å². The molecule has 5 heteroatoms. The summed E-state index contributed by atoms with van der Waals surface area (Å²) in [7, 11) is 1.79. The van der Waals surface area contributed by atoms with Gasteiger partial charge in [0.15, 0.2) is 0 Å². The van der Waals surface area contributed by atoms with E-state index in [9.17, 15) is 4.79 Å². The topological polar surface area (TPSA) is 46.3 Å². The summed E-state index contributed by atoms with van der Waals surface area (Å²) in [6, 6.07) is 9.45.